The Morgan fingerprint density at radius 3 is 2.92 bits per heavy atom. The molecule has 1 aromatic rings. The maximum atomic E-state index is 12.4. The van der Waals surface area contributed by atoms with Crippen LogP contribution < -0.4 is 10.2 Å². The third-order valence-electron chi connectivity index (χ3n) is 4.66. The third-order valence-corrected chi connectivity index (χ3v) is 4.66. The maximum Gasteiger partial charge on any atom is 0.240 e. The van der Waals surface area contributed by atoms with Crippen molar-refractivity contribution in [3.63, 3.8) is 0 Å². The first kappa shape index (κ1) is 16.7. The molecule has 7 nitrogen and oxygen atoms in total. The van der Waals surface area contributed by atoms with Gasteiger partial charge in [-0.1, -0.05) is 0 Å². The molecule has 3 rings (SSSR count). The lowest BCUT2D eigenvalue weighted by Gasteiger charge is -2.29. The van der Waals surface area contributed by atoms with Crippen LogP contribution in [0.5, 0.6) is 0 Å². The highest BCUT2D eigenvalue weighted by Gasteiger charge is 2.26. The van der Waals surface area contributed by atoms with E-state index < -0.39 is 0 Å². The SMILES string of the molecule is CN(C)c1ncc2c(n1)CCCC2NC(=O)CN1CCCCC1=O. The van der Waals surface area contributed by atoms with E-state index in [1.54, 1.807) is 4.90 Å². The molecule has 1 fully saturated rings. The van der Waals surface area contributed by atoms with Crippen molar-refractivity contribution in [1.29, 1.82) is 0 Å². The van der Waals surface area contributed by atoms with Crippen LogP contribution in [-0.2, 0) is 16.0 Å². The minimum atomic E-state index is -0.0974. The van der Waals surface area contributed by atoms with Gasteiger partial charge in [-0.15, -0.1) is 0 Å². The zero-order chi connectivity index (χ0) is 17.1. The van der Waals surface area contributed by atoms with E-state index in [0.29, 0.717) is 18.9 Å². The second kappa shape index (κ2) is 7.15. The number of nitrogens with zero attached hydrogens (tertiary/aromatic N) is 4. The zero-order valence-electron chi connectivity index (χ0n) is 14.4. The first-order valence-corrected chi connectivity index (χ1v) is 8.65. The van der Waals surface area contributed by atoms with Gasteiger partial charge in [0.05, 0.1) is 18.3 Å². The minimum absolute atomic E-state index is 0.0580. The Balaban J connectivity index is 1.66. The summed E-state index contributed by atoms with van der Waals surface area (Å²) in [6, 6.07) is -0.0580. The summed E-state index contributed by atoms with van der Waals surface area (Å²) in [4.78, 5) is 36.7. The number of likely N-dealkylation sites (tertiary alicyclic amines) is 1. The van der Waals surface area contributed by atoms with E-state index in [-0.39, 0.29) is 24.4 Å². The predicted molar refractivity (Wildman–Crippen MR) is 90.6 cm³/mol. The van der Waals surface area contributed by atoms with E-state index in [0.717, 1.165) is 43.4 Å². The fourth-order valence-electron chi connectivity index (χ4n) is 3.34. The highest BCUT2D eigenvalue weighted by Crippen LogP contribution is 2.29. The van der Waals surface area contributed by atoms with Gasteiger partial charge >= 0.3 is 0 Å². The Morgan fingerprint density at radius 1 is 1.33 bits per heavy atom. The lowest BCUT2D eigenvalue weighted by molar-refractivity contribution is -0.138. The van der Waals surface area contributed by atoms with Crippen LogP contribution in [0.3, 0.4) is 0 Å². The van der Waals surface area contributed by atoms with Gasteiger partial charge < -0.3 is 15.1 Å². The zero-order valence-corrected chi connectivity index (χ0v) is 14.4. The summed E-state index contributed by atoms with van der Waals surface area (Å²) in [7, 11) is 3.83. The van der Waals surface area contributed by atoms with Crippen molar-refractivity contribution in [2.45, 2.75) is 44.6 Å². The molecular weight excluding hydrogens is 306 g/mol. The monoisotopic (exact) mass is 331 g/mol. The molecule has 1 aromatic heterocycles. The molecule has 1 N–H and O–H groups in total. The standard InChI is InChI=1S/C17H25N5O2/c1-21(2)17-18-10-12-13(6-5-7-14(12)20-17)19-15(23)11-22-9-4-3-8-16(22)24/h10,13H,3-9,11H2,1-2H3,(H,19,23). The van der Waals surface area contributed by atoms with Crippen molar-refractivity contribution in [2.75, 3.05) is 32.1 Å². The second-order valence-corrected chi connectivity index (χ2v) is 6.75. The molecule has 130 valence electrons. The number of carbonyl (C=O) groups is 2. The Kier molecular flexibility index (Phi) is 4.97. The number of nitrogens with one attached hydrogen (secondary N) is 1. The number of rotatable bonds is 4. The summed E-state index contributed by atoms with van der Waals surface area (Å²) in [5.74, 6) is 0.679. The van der Waals surface area contributed by atoms with Crippen LogP contribution in [0, 0.1) is 0 Å². The summed E-state index contributed by atoms with van der Waals surface area (Å²) < 4.78 is 0. The third kappa shape index (κ3) is 3.66. The van der Waals surface area contributed by atoms with Crippen LogP contribution in [0.25, 0.3) is 0 Å². The predicted octanol–water partition coefficient (Wildman–Crippen LogP) is 1.05. The number of carbonyl (C=O) groups excluding carboxylic acids is 2. The number of aromatic nitrogens is 2. The highest BCUT2D eigenvalue weighted by atomic mass is 16.2. The normalized spacial score (nSPS) is 20.5. The summed E-state index contributed by atoms with van der Waals surface area (Å²) in [6.45, 7) is 0.837. The van der Waals surface area contributed by atoms with E-state index in [1.807, 2.05) is 25.2 Å². The molecule has 7 heteroatoms. The molecule has 1 unspecified atom stereocenters. The molecule has 1 atom stereocenters. The fourth-order valence-corrected chi connectivity index (χ4v) is 3.34. The number of anilines is 1. The van der Waals surface area contributed by atoms with Gasteiger partial charge in [-0.3, -0.25) is 9.59 Å². The van der Waals surface area contributed by atoms with Gasteiger partial charge in [0, 0.05) is 38.8 Å². The topological polar surface area (TPSA) is 78.4 Å². The van der Waals surface area contributed by atoms with Gasteiger partial charge in [-0.2, -0.15) is 0 Å². The van der Waals surface area contributed by atoms with Crippen molar-refractivity contribution < 1.29 is 9.59 Å². The smallest absolute Gasteiger partial charge is 0.240 e. The summed E-state index contributed by atoms with van der Waals surface area (Å²) in [6.07, 6.45) is 7.08. The van der Waals surface area contributed by atoms with E-state index >= 15 is 0 Å². The lowest BCUT2D eigenvalue weighted by atomic mass is 9.92. The molecule has 0 bridgehead atoms. The first-order chi connectivity index (χ1) is 11.5. The fraction of sp³-hybridized carbons (Fsp3) is 0.647. The Hall–Kier alpha value is -2.18. The van der Waals surface area contributed by atoms with E-state index in [9.17, 15) is 9.59 Å². The number of aryl methyl sites for hydroxylation is 1. The highest BCUT2D eigenvalue weighted by molar-refractivity contribution is 5.85. The molecule has 0 radical (unpaired) electrons. The van der Waals surface area contributed by atoms with Crippen molar-refractivity contribution >= 4 is 17.8 Å². The first-order valence-electron chi connectivity index (χ1n) is 8.65. The number of hydrogen-bond donors (Lipinski definition) is 1. The van der Waals surface area contributed by atoms with Crippen molar-refractivity contribution in [3.05, 3.63) is 17.5 Å². The number of fused-ring (bicyclic) bond motifs is 1. The second-order valence-electron chi connectivity index (χ2n) is 6.75. The summed E-state index contributed by atoms with van der Waals surface area (Å²) in [5.41, 5.74) is 2.02. The largest absolute Gasteiger partial charge is 0.348 e. The molecule has 24 heavy (non-hydrogen) atoms. The van der Waals surface area contributed by atoms with Crippen molar-refractivity contribution in [2.24, 2.45) is 0 Å². The maximum absolute atomic E-state index is 12.4. The average Bonchev–Trinajstić information content (AvgIpc) is 2.56. The van der Waals surface area contributed by atoms with Crippen LogP contribution in [-0.4, -0.2) is 53.9 Å². The van der Waals surface area contributed by atoms with Gasteiger partial charge in [0.1, 0.15) is 0 Å². The van der Waals surface area contributed by atoms with Crippen molar-refractivity contribution in [3.8, 4) is 0 Å². The lowest BCUT2D eigenvalue weighted by Crippen LogP contribution is -2.44. The quantitative estimate of drug-likeness (QED) is 0.892. The summed E-state index contributed by atoms with van der Waals surface area (Å²) >= 11 is 0. The van der Waals surface area contributed by atoms with E-state index in [2.05, 4.69) is 15.3 Å². The van der Waals surface area contributed by atoms with Gasteiger partial charge in [-0.25, -0.2) is 9.97 Å². The van der Waals surface area contributed by atoms with Crippen LogP contribution in [0.1, 0.15) is 49.4 Å². The Bertz CT molecular complexity index is 631. The van der Waals surface area contributed by atoms with Crippen LogP contribution in [0.4, 0.5) is 5.95 Å². The van der Waals surface area contributed by atoms with Crippen LogP contribution in [0.15, 0.2) is 6.20 Å². The van der Waals surface area contributed by atoms with Crippen LogP contribution in [0.2, 0.25) is 0 Å². The number of hydrogen-bond acceptors (Lipinski definition) is 5. The molecular formula is C17H25N5O2. The van der Waals surface area contributed by atoms with Gasteiger partial charge in [0.25, 0.3) is 0 Å². The number of piperidine rings is 1. The Labute approximate surface area is 142 Å². The average molecular weight is 331 g/mol. The molecule has 0 aromatic carbocycles. The molecule has 1 aliphatic carbocycles. The molecule has 0 spiro atoms. The molecule has 2 aliphatic rings. The minimum Gasteiger partial charge on any atom is -0.348 e. The van der Waals surface area contributed by atoms with Crippen LogP contribution >= 0.6 is 0 Å². The molecule has 1 aliphatic heterocycles. The van der Waals surface area contributed by atoms with Gasteiger partial charge in [0.2, 0.25) is 17.8 Å². The summed E-state index contributed by atoms with van der Waals surface area (Å²) in [5, 5.41) is 3.07. The molecule has 1 saturated heterocycles. The van der Waals surface area contributed by atoms with Gasteiger partial charge in [0.15, 0.2) is 0 Å². The molecule has 2 heterocycles. The van der Waals surface area contributed by atoms with E-state index in [1.165, 1.54) is 0 Å². The van der Waals surface area contributed by atoms with Gasteiger partial charge in [-0.05, 0) is 32.1 Å². The number of amides is 2. The molecule has 0 saturated carbocycles. The van der Waals surface area contributed by atoms with E-state index in [4.69, 9.17) is 0 Å². The molecule has 2 amide bonds. The Morgan fingerprint density at radius 2 is 2.17 bits per heavy atom. The van der Waals surface area contributed by atoms with Crippen molar-refractivity contribution in [1.82, 2.24) is 20.2 Å².